The minimum absolute atomic E-state index is 0.0575. The van der Waals surface area contributed by atoms with Crippen molar-refractivity contribution in [3.63, 3.8) is 0 Å². The van der Waals surface area contributed by atoms with Crippen LogP contribution in [0.4, 0.5) is 0 Å². The Morgan fingerprint density at radius 1 is 1.22 bits per heavy atom. The van der Waals surface area contributed by atoms with E-state index in [4.69, 9.17) is 14.2 Å². The number of hydrogen-bond acceptors (Lipinski definition) is 4. The zero-order valence-corrected chi connectivity index (χ0v) is 11.9. The second-order valence-corrected chi connectivity index (χ2v) is 4.60. The standard InChI is InChI=1S/C14H26O4/c1-6-13(17-5)8-7-11(2)14(12(3)9-15)18-10-16-4/h6,9,11-14H,1,7-8,10H2,2-5H3/t11-,12-,13-,14-/m1/s1. The molecule has 0 aliphatic rings. The van der Waals surface area contributed by atoms with Crippen molar-refractivity contribution in [2.45, 2.75) is 38.9 Å². The molecule has 0 bridgehead atoms. The lowest BCUT2D eigenvalue weighted by Crippen LogP contribution is -2.31. The molecule has 0 aromatic heterocycles. The molecule has 0 N–H and O–H groups in total. The number of ether oxygens (including phenoxy) is 3. The molecule has 0 rings (SSSR count). The summed E-state index contributed by atoms with van der Waals surface area (Å²) in [5.41, 5.74) is 0. The van der Waals surface area contributed by atoms with E-state index < -0.39 is 0 Å². The Morgan fingerprint density at radius 2 is 1.89 bits per heavy atom. The summed E-state index contributed by atoms with van der Waals surface area (Å²) in [6.45, 7) is 7.88. The van der Waals surface area contributed by atoms with Gasteiger partial charge in [-0.3, -0.25) is 0 Å². The van der Waals surface area contributed by atoms with E-state index in [-0.39, 0.29) is 30.8 Å². The first-order valence-corrected chi connectivity index (χ1v) is 6.31. The van der Waals surface area contributed by atoms with E-state index in [2.05, 4.69) is 13.5 Å². The van der Waals surface area contributed by atoms with E-state index in [0.29, 0.717) is 0 Å². The van der Waals surface area contributed by atoms with Crippen molar-refractivity contribution in [1.29, 1.82) is 0 Å². The molecule has 4 atom stereocenters. The molecule has 0 saturated heterocycles. The largest absolute Gasteiger partial charge is 0.377 e. The highest BCUT2D eigenvalue weighted by atomic mass is 16.7. The second-order valence-electron chi connectivity index (χ2n) is 4.60. The van der Waals surface area contributed by atoms with Crippen molar-refractivity contribution in [3.05, 3.63) is 12.7 Å². The van der Waals surface area contributed by atoms with Crippen LogP contribution in [0.15, 0.2) is 12.7 Å². The molecule has 106 valence electrons. The summed E-state index contributed by atoms with van der Waals surface area (Å²) in [5, 5.41) is 0. The van der Waals surface area contributed by atoms with Crippen LogP contribution in [-0.4, -0.2) is 39.5 Å². The van der Waals surface area contributed by atoms with Gasteiger partial charge in [0.25, 0.3) is 0 Å². The molecule has 0 amide bonds. The van der Waals surface area contributed by atoms with Gasteiger partial charge in [-0.25, -0.2) is 0 Å². The third-order valence-corrected chi connectivity index (χ3v) is 3.14. The third kappa shape index (κ3) is 6.28. The number of hydrogen-bond donors (Lipinski definition) is 0. The molecule has 0 saturated carbocycles. The number of aldehydes is 1. The second kappa shape index (κ2) is 10.2. The van der Waals surface area contributed by atoms with E-state index in [9.17, 15) is 4.79 Å². The van der Waals surface area contributed by atoms with Gasteiger partial charge in [-0.05, 0) is 18.8 Å². The van der Waals surface area contributed by atoms with Gasteiger partial charge in [0.2, 0.25) is 0 Å². The van der Waals surface area contributed by atoms with Crippen LogP contribution >= 0.6 is 0 Å². The smallest absolute Gasteiger partial charge is 0.146 e. The van der Waals surface area contributed by atoms with Crippen LogP contribution in [0.3, 0.4) is 0 Å². The Kier molecular flexibility index (Phi) is 9.83. The van der Waals surface area contributed by atoms with E-state index in [0.717, 1.165) is 19.1 Å². The minimum Gasteiger partial charge on any atom is -0.377 e. The molecule has 0 aromatic carbocycles. The topological polar surface area (TPSA) is 44.8 Å². The number of methoxy groups -OCH3 is 2. The molecule has 0 unspecified atom stereocenters. The zero-order valence-electron chi connectivity index (χ0n) is 11.9. The van der Waals surface area contributed by atoms with Crippen LogP contribution in [0, 0.1) is 11.8 Å². The Labute approximate surface area is 110 Å². The summed E-state index contributed by atoms with van der Waals surface area (Å²) in [6, 6.07) is 0. The molecule has 0 aromatic rings. The SMILES string of the molecule is C=C[C@H](CC[C@@H](C)[C@@H](OCOC)[C@H](C)C=O)OC. The number of carbonyl (C=O) groups is 1. The highest BCUT2D eigenvalue weighted by Crippen LogP contribution is 2.21. The number of carbonyl (C=O) groups excluding carboxylic acids is 1. The van der Waals surface area contributed by atoms with E-state index >= 15 is 0 Å². The fourth-order valence-electron chi connectivity index (χ4n) is 1.98. The first-order valence-electron chi connectivity index (χ1n) is 6.31. The fraction of sp³-hybridized carbons (Fsp3) is 0.786. The van der Waals surface area contributed by atoms with E-state index in [1.54, 1.807) is 20.3 Å². The van der Waals surface area contributed by atoms with Crippen molar-refractivity contribution < 1.29 is 19.0 Å². The van der Waals surface area contributed by atoms with Crippen LogP contribution in [-0.2, 0) is 19.0 Å². The van der Waals surface area contributed by atoms with Gasteiger partial charge in [0.05, 0.1) is 12.2 Å². The van der Waals surface area contributed by atoms with Gasteiger partial charge in [-0.2, -0.15) is 0 Å². The van der Waals surface area contributed by atoms with Crippen LogP contribution < -0.4 is 0 Å². The molecule has 0 fully saturated rings. The Morgan fingerprint density at radius 3 is 2.33 bits per heavy atom. The summed E-state index contributed by atoms with van der Waals surface area (Å²) in [4.78, 5) is 10.9. The summed E-state index contributed by atoms with van der Waals surface area (Å²) >= 11 is 0. The molecule has 0 spiro atoms. The average molecular weight is 258 g/mol. The zero-order chi connectivity index (χ0) is 14.0. The number of rotatable bonds is 11. The Bertz CT molecular complexity index is 230. The highest BCUT2D eigenvalue weighted by Gasteiger charge is 2.24. The lowest BCUT2D eigenvalue weighted by molar-refractivity contribution is -0.129. The Balaban J connectivity index is 4.31. The predicted octanol–water partition coefficient (Wildman–Crippen LogP) is 2.43. The van der Waals surface area contributed by atoms with Crippen LogP contribution in [0.1, 0.15) is 26.7 Å². The van der Waals surface area contributed by atoms with Crippen LogP contribution in [0.25, 0.3) is 0 Å². The third-order valence-electron chi connectivity index (χ3n) is 3.14. The summed E-state index contributed by atoms with van der Waals surface area (Å²) < 4.78 is 15.7. The molecule has 4 heteroatoms. The van der Waals surface area contributed by atoms with Crippen molar-refractivity contribution in [2.24, 2.45) is 11.8 Å². The van der Waals surface area contributed by atoms with E-state index in [1.165, 1.54) is 0 Å². The molecule has 4 nitrogen and oxygen atoms in total. The maximum Gasteiger partial charge on any atom is 0.146 e. The summed E-state index contributed by atoms with van der Waals surface area (Å²) in [7, 11) is 3.25. The molecule has 0 radical (unpaired) electrons. The lowest BCUT2D eigenvalue weighted by atomic mass is 9.90. The predicted molar refractivity (Wildman–Crippen MR) is 71.4 cm³/mol. The van der Waals surface area contributed by atoms with E-state index in [1.807, 2.05) is 6.92 Å². The Hall–Kier alpha value is -0.710. The van der Waals surface area contributed by atoms with Gasteiger partial charge < -0.3 is 19.0 Å². The van der Waals surface area contributed by atoms with Crippen molar-refractivity contribution in [3.8, 4) is 0 Å². The van der Waals surface area contributed by atoms with Gasteiger partial charge in [-0.15, -0.1) is 6.58 Å². The lowest BCUT2D eigenvalue weighted by Gasteiger charge is -2.27. The first-order chi connectivity index (χ1) is 8.60. The fourth-order valence-corrected chi connectivity index (χ4v) is 1.98. The van der Waals surface area contributed by atoms with Gasteiger partial charge >= 0.3 is 0 Å². The molecular weight excluding hydrogens is 232 g/mol. The van der Waals surface area contributed by atoms with Gasteiger partial charge in [0.1, 0.15) is 13.1 Å². The average Bonchev–Trinajstić information content (AvgIpc) is 2.39. The monoisotopic (exact) mass is 258 g/mol. The normalized spacial score (nSPS) is 17.8. The van der Waals surface area contributed by atoms with Gasteiger partial charge in [-0.1, -0.05) is 19.9 Å². The van der Waals surface area contributed by atoms with Crippen molar-refractivity contribution in [1.82, 2.24) is 0 Å². The van der Waals surface area contributed by atoms with Gasteiger partial charge in [0.15, 0.2) is 0 Å². The van der Waals surface area contributed by atoms with Gasteiger partial charge in [0, 0.05) is 20.1 Å². The maximum atomic E-state index is 10.9. The summed E-state index contributed by atoms with van der Waals surface area (Å²) in [6.07, 6.45) is 4.45. The molecule has 18 heavy (non-hydrogen) atoms. The minimum atomic E-state index is -0.139. The quantitative estimate of drug-likeness (QED) is 0.324. The van der Waals surface area contributed by atoms with Crippen molar-refractivity contribution >= 4 is 6.29 Å². The molecule has 0 aliphatic carbocycles. The molecule has 0 heterocycles. The van der Waals surface area contributed by atoms with Crippen molar-refractivity contribution in [2.75, 3.05) is 21.0 Å². The first kappa shape index (κ1) is 17.3. The van der Waals surface area contributed by atoms with Crippen LogP contribution in [0.2, 0.25) is 0 Å². The highest BCUT2D eigenvalue weighted by molar-refractivity contribution is 5.53. The van der Waals surface area contributed by atoms with Crippen LogP contribution in [0.5, 0.6) is 0 Å². The maximum absolute atomic E-state index is 10.9. The molecule has 0 aliphatic heterocycles. The molecular formula is C14H26O4. The summed E-state index contributed by atoms with van der Waals surface area (Å²) in [5.74, 6) is 0.123.